The van der Waals surface area contributed by atoms with Crippen LogP contribution in [0.3, 0.4) is 0 Å². The molecule has 114 valence electrons. The number of nitrogens with one attached hydrogen (secondary N) is 2. The molecule has 1 aromatic rings. The van der Waals surface area contributed by atoms with E-state index >= 15 is 0 Å². The molecule has 1 atom stereocenters. The van der Waals surface area contributed by atoms with Crippen LogP contribution in [-0.4, -0.2) is 29.1 Å². The van der Waals surface area contributed by atoms with Crippen molar-refractivity contribution in [2.75, 3.05) is 5.32 Å². The molecule has 7 heteroatoms. The van der Waals surface area contributed by atoms with E-state index in [1.165, 1.54) is 0 Å². The number of benzene rings is 1. The summed E-state index contributed by atoms with van der Waals surface area (Å²) in [7, 11) is 0. The quantitative estimate of drug-likeness (QED) is 0.625. The zero-order chi connectivity index (χ0) is 16.0. The van der Waals surface area contributed by atoms with Gasteiger partial charge in [-0.3, -0.25) is 4.79 Å². The summed E-state index contributed by atoms with van der Waals surface area (Å²) < 4.78 is 0. The molecule has 21 heavy (non-hydrogen) atoms. The van der Waals surface area contributed by atoms with Crippen molar-refractivity contribution in [2.45, 2.75) is 32.7 Å². The van der Waals surface area contributed by atoms with Gasteiger partial charge < -0.3 is 21.5 Å². The molecule has 0 fully saturated rings. The topological polar surface area (TPSA) is 122 Å². The summed E-state index contributed by atoms with van der Waals surface area (Å²) in [6.07, 6.45) is 0.262. The Bertz CT molecular complexity index is 557. The highest BCUT2D eigenvalue weighted by Gasteiger charge is 2.22. The Morgan fingerprint density at radius 3 is 2.52 bits per heavy atom. The van der Waals surface area contributed by atoms with Gasteiger partial charge in [0.05, 0.1) is 6.42 Å². The molecule has 0 radical (unpaired) electrons. The number of carbonyl (C=O) groups excluding carboxylic acids is 2. The molecule has 1 unspecified atom stereocenters. The van der Waals surface area contributed by atoms with Crippen LogP contribution >= 0.6 is 0 Å². The van der Waals surface area contributed by atoms with Crippen molar-refractivity contribution in [3.8, 4) is 0 Å². The lowest BCUT2D eigenvalue weighted by atomic mass is 10.1. The van der Waals surface area contributed by atoms with E-state index in [0.717, 1.165) is 17.5 Å². The predicted octanol–water partition coefficient (Wildman–Crippen LogP) is 1.01. The molecule has 1 rings (SSSR count). The van der Waals surface area contributed by atoms with Crippen molar-refractivity contribution in [2.24, 2.45) is 5.73 Å². The maximum atomic E-state index is 11.9. The molecule has 3 amide bonds. The highest BCUT2D eigenvalue weighted by molar-refractivity contribution is 5.94. The summed E-state index contributed by atoms with van der Waals surface area (Å²) in [6.45, 7) is 3.79. The SMILES string of the molecule is CCc1cccc(C)c1NC(=O)NC(CC(N)=O)C(=O)O. The zero-order valence-electron chi connectivity index (χ0n) is 12.0. The number of carbonyl (C=O) groups is 3. The molecule has 0 saturated carbocycles. The first kappa shape index (κ1) is 16.5. The summed E-state index contributed by atoms with van der Waals surface area (Å²) in [4.78, 5) is 33.6. The first-order valence-electron chi connectivity index (χ1n) is 6.52. The van der Waals surface area contributed by atoms with Gasteiger partial charge in [-0.2, -0.15) is 0 Å². The van der Waals surface area contributed by atoms with Crippen LogP contribution in [-0.2, 0) is 16.0 Å². The number of aliphatic carboxylic acids is 1. The lowest BCUT2D eigenvalue weighted by Crippen LogP contribution is -2.45. The lowest BCUT2D eigenvalue weighted by Gasteiger charge is -2.16. The smallest absolute Gasteiger partial charge is 0.326 e. The number of rotatable bonds is 6. The summed E-state index contributed by atoms with van der Waals surface area (Å²) in [5.41, 5.74) is 7.40. The third-order valence-electron chi connectivity index (χ3n) is 2.99. The number of hydrogen-bond donors (Lipinski definition) is 4. The van der Waals surface area contributed by atoms with Gasteiger partial charge in [-0.05, 0) is 24.5 Å². The molecule has 0 aromatic heterocycles. The van der Waals surface area contributed by atoms with Gasteiger partial charge in [0.25, 0.3) is 0 Å². The monoisotopic (exact) mass is 293 g/mol. The number of hydrogen-bond acceptors (Lipinski definition) is 3. The van der Waals surface area contributed by atoms with Crippen LogP contribution in [0.5, 0.6) is 0 Å². The Morgan fingerprint density at radius 1 is 1.33 bits per heavy atom. The number of urea groups is 1. The normalized spacial score (nSPS) is 11.5. The van der Waals surface area contributed by atoms with E-state index in [4.69, 9.17) is 10.8 Å². The Hall–Kier alpha value is -2.57. The van der Waals surface area contributed by atoms with Crippen molar-refractivity contribution in [3.05, 3.63) is 29.3 Å². The fourth-order valence-electron chi connectivity index (χ4n) is 1.91. The zero-order valence-corrected chi connectivity index (χ0v) is 12.0. The third-order valence-corrected chi connectivity index (χ3v) is 2.99. The largest absolute Gasteiger partial charge is 0.480 e. The first-order valence-corrected chi connectivity index (χ1v) is 6.52. The fourth-order valence-corrected chi connectivity index (χ4v) is 1.91. The highest BCUT2D eigenvalue weighted by Crippen LogP contribution is 2.20. The molecule has 7 nitrogen and oxygen atoms in total. The molecule has 0 aliphatic rings. The lowest BCUT2D eigenvalue weighted by molar-refractivity contribution is -0.140. The number of primary amides is 1. The van der Waals surface area contributed by atoms with E-state index in [9.17, 15) is 14.4 Å². The summed E-state index contributed by atoms with van der Waals surface area (Å²) in [5.74, 6) is -2.11. The van der Waals surface area contributed by atoms with Crippen molar-refractivity contribution in [1.29, 1.82) is 0 Å². The molecule has 0 heterocycles. The molecule has 0 bridgehead atoms. The number of anilines is 1. The van der Waals surface area contributed by atoms with Gasteiger partial charge in [0, 0.05) is 5.69 Å². The Balaban J connectivity index is 2.81. The number of nitrogens with two attached hydrogens (primary N) is 1. The standard InChI is InChI=1S/C14H19N3O4/c1-3-9-6-4-5-8(2)12(9)17-14(21)16-10(13(19)20)7-11(15)18/h4-6,10H,3,7H2,1-2H3,(H2,15,18)(H,19,20)(H2,16,17,21). The summed E-state index contributed by atoms with van der Waals surface area (Å²) in [5, 5.41) is 13.8. The number of carboxylic acid groups (broad SMARTS) is 1. The third kappa shape index (κ3) is 4.79. The van der Waals surface area contributed by atoms with E-state index in [1.54, 1.807) is 0 Å². The fraction of sp³-hybridized carbons (Fsp3) is 0.357. The number of aryl methyl sites for hydroxylation is 2. The van der Waals surface area contributed by atoms with Crippen molar-refractivity contribution in [1.82, 2.24) is 5.32 Å². The van der Waals surface area contributed by atoms with Crippen molar-refractivity contribution in [3.63, 3.8) is 0 Å². The van der Waals surface area contributed by atoms with E-state index in [0.29, 0.717) is 5.69 Å². The van der Waals surface area contributed by atoms with E-state index < -0.39 is 30.4 Å². The number of carboxylic acids is 1. The van der Waals surface area contributed by atoms with Crippen LogP contribution in [0.25, 0.3) is 0 Å². The minimum absolute atomic E-state index is 0.461. The van der Waals surface area contributed by atoms with Crippen LogP contribution in [0.1, 0.15) is 24.5 Å². The van der Waals surface area contributed by atoms with Crippen molar-refractivity contribution >= 4 is 23.6 Å². The van der Waals surface area contributed by atoms with Crippen LogP contribution in [0, 0.1) is 6.92 Å². The minimum Gasteiger partial charge on any atom is -0.480 e. The van der Waals surface area contributed by atoms with Gasteiger partial charge in [0.1, 0.15) is 6.04 Å². The molecular weight excluding hydrogens is 274 g/mol. The Kier molecular flexibility index (Phi) is 5.71. The Morgan fingerprint density at radius 2 is 2.00 bits per heavy atom. The van der Waals surface area contributed by atoms with E-state index in [1.807, 2.05) is 32.0 Å². The number of amides is 3. The van der Waals surface area contributed by atoms with Gasteiger partial charge in [0.15, 0.2) is 0 Å². The maximum Gasteiger partial charge on any atom is 0.326 e. The maximum absolute atomic E-state index is 11.9. The summed E-state index contributed by atoms with van der Waals surface area (Å²) >= 11 is 0. The average molecular weight is 293 g/mol. The molecule has 0 aliphatic carbocycles. The molecule has 0 aliphatic heterocycles. The first-order chi connectivity index (χ1) is 9.85. The highest BCUT2D eigenvalue weighted by atomic mass is 16.4. The Labute approximate surface area is 122 Å². The van der Waals surface area contributed by atoms with Gasteiger partial charge in [0.2, 0.25) is 5.91 Å². The van der Waals surface area contributed by atoms with E-state index in [2.05, 4.69) is 10.6 Å². The molecule has 0 saturated heterocycles. The molecule has 1 aromatic carbocycles. The van der Waals surface area contributed by atoms with Gasteiger partial charge in [-0.1, -0.05) is 25.1 Å². The number of para-hydroxylation sites is 1. The van der Waals surface area contributed by atoms with Crippen LogP contribution in [0.15, 0.2) is 18.2 Å². The molecular formula is C14H19N3O4. The van der Waals surface area contributed by atoms with Gasteiger partial charge >= 0.3 is 12.0 Å². The van der Waals surface area contributed by atoms with Gasteiger partial charge in [-0.15, -0.1) is 0 Å². The summed E-state index contributed by atoms with van der Waals surface area (Å²) in [6, 6.07) is 3.56. The van der Waals surface area contributed by atoms with E-state index in [-0.39, 0.29) is 0 Å². The second-order valence-electron chi connectivity index (χ2n) is 4.62. The van der Waals surface area contributed by atoms with Crippen LogP contribution in [0.4, 0.5) is 10.5 Å². The van der Waals surface area contributed by atoms with Crippen molar-refractivity contribution < 1.29 is 19.5 Å². The second-order valence-corrected chi connectivity index (χ2v) is 4.62. The minimum atomic E-state index is -1.35. The second kappa shape index (κ2) is 7.28. The van der Waals surface area contributed by atoms with Crippen LogP contribution < -0.4 is 16.4 Å². The average Bonchev–Trinajstić information content (AvgIpc) is 2.39. The van der Waals surface area contributed by atoms with Gasteiger partial charge in [-0.25, -0.2) is 9.59 Å². The predicted molar refractivity (Wildman–Crippen MR) is 77.9 cm³/mol. The van der Waals surface area contributed by atoms with Crippen LogP contribution in [0.2, 0.25) is 0 Å². The molecule has 0 spiro atoms. The molecule has 5 N–H and O–H groups in total.